The van der Waals surface area contributed by atoms with Crippen LogP contribution in [0.3, 0.4) is 0 Å². The van der Waals surface area contributed by atoms with Crippen LogP contribution in [0.1, 0.15) is 12.8 Å². The predicted octanol–water partition coefficient (Wildman–Crippen LogP) is 5.32. The van der Waals surface area contributed by atoms with Gasteiger partial charge >= 0.3 is 6.09 Å². The minimum atomic E-state index is -1.05. The number of aromatic amines is 1. The van der Waals surface area contributed by atoms with Crippen molar-refractivity contribution in [2.24, 2.45) is 0 Å². The molecule has 1 saturated heterocycles. The zero-order valence-electron chi connectivity index (χ0n) is 17.6. The SMILES string of the molecule is O=C(O)N(c1cncc(-c2c[nH]c3ccc(-c4c(F)cccc4Cl)cc23)n1)C1CCNCC1. The molecule has 2 aromatic carbocycles. The summed E-state index contributed by atoms with van der Waals surface area (Å²) in [5.74, 6) is -0.116. The molecule has 0 atom stereocenters. The van der Waals surface area contributed by atoms with E-state index in [0.29, 0.717) is 34.7 Å². The number of rotatable bonds is 4. The van der Waals surface area contributed by atoms with Gasteiger partial charge < -0.3 is 15.4 Å². The largest absolute Gasteiger partial charge is 0.465 e. The van der Waals surface area contributed by atoms with Gasteiger partial charge in [0.1, 0.15) is 5.82 Å². The first kappa shape index (κ1) is 21.4. The molecule has 0 radical (unpaired) electrons. The molecule has 33 heavy (non-hydrogen) atoms. The van der Waals surface area contributed by atoms with Crippen LogP contribution < -0.4 is 10.2 Å². The minimum absolute atomic E-state index is 0.161. The summed E-state index contributed by atoms with van der Waals surface area (Å²) in [4.78, 5) is 25.5. The number of amides is 1. The first-order chi connectivity index (χ1) is 16.0. The fraction of sp³-hybridized carbons (Fsp3) is 0.208. The molecule has 3 N–H and O–H groups in total. The number of halogens is 2. The maximum Gasteiger partial charge on any atom is 0.413 e. The molecule has 1 aliphatic heterocycles. The molecule has 7 nitrogen and oxygen atoms in total. The van der Waals surface area contributed by atoms with Gasteiger partial charge in [0.25, 0.3) is 0 Å². The van der Waals surface area contributed by atoms with Crippen molar-refractivity contribution in [3.63, 3.8) is 0 Å². The van der Waals surface area contributed by atoms with Gasteiger partial charge in [-0.2, -0.15) is 0 Å². The number of hydrogen-bond acceptors (Lipinski definition) is 4. The summed E-state index contributed by atoms with van der Waals surface area (Å²) in [5, 5.41) is 14.2. The van der Waals surface area contributed by atoms with Crippen molar-refractivity contribution in [3.8, 4) is 22.4 Å². The van der Waals surface area contributed by atoms with Crippen molar-refractivity contribution in [3.05, 3.63) is 65.8 Å². The van der Waals surface area contributed by atoms with Gasteiger partial charge in [0.15, 0.2) is 5.82 Å². The van der Waals surface area contributed by atoms with Crippen LogP contribution >= 0.6 is 11.6 Å². The lowest BCUT2D eigenvalue weighted by Crippen LogP contribution is -2.46. The van der Waals surface area contributed by atoms with Crippen LogP contribution in [0, 0.1) is 5.82 Å². The van der Waals surface area contributed by atoms with Crippen LogP contribution in [-0.2, 0) is 0 Å². The third-order valence-electron chi connectivity index (χ3n) is 5.96. The second kappa shape index (κ2) is 8.80. The Morgan fingerprint density at radius 3 is 2.76 bits per heavy atom. The Bertz CT molecular complexity index is 1320. The van der Waals surface area contributed by atoms with E-state index in [4.69, 9.17) is 11.6 Å². The highest BCUT2D eigenvalue weighted by molar-refractivity contribution is 6.33. The Balaban J connectivity index is 1.58. The van der Waals surface area contributed by atoms with E-state index in [9.17, 15) is 14.3 Å². The van der Waals surface area contributed by atoms with E-state index in [1.807, 2.05) is 12.1 Å². The molecule has 0 spiro atoms. The molecule has 0 saturated carbocycles. The van der Waals surface area contributed by atoms with Crippen LogP contribution in [0.25, 0.3) is 33.3 Å². The lowest BCUT2D eigenvalue weighted by Gasteiger charge is -2.31. The molecular formula is C24H21ClFN5O2. The van der Waals surface area contributed by atoms with Gasteiger partial charge in [0.2, 0.25) is 0 Å². The number of carboxylic acid groups (broad SMARTS) is 1. The van der Waals surface area contributed by atoms with Crippen LogP contribution in [0.2, 0.25) is 5.02 Å². The molecule has 0 aliphatic carbocycles. The summed E-state index contributed by atoms with van der Waals surface area (Å²) in [7, 11) is 0. The Morgan fingerprint density at radius 1 is 1.18 bits per heavy atom. The van der Waals surface area contributed by atoms with E-state index < -0.39 is 11.9 Å². The fourth-order valence-corrected chi connectivity index (χ4v) is 4.64. The summed E-state index contributed by atoms with van der Waals surface area (Å²) in [5.41, 5.74) is 3.07. The van der Waals surface area contributed by atoms with Gasteiger partial charge in [-0.3, -0.25) is 9.88 Å². The van der Waals surface area contributed by atoms with E-state index >= 15 is 0 Å². The van der Waals surface area contributed by atoms with E-state index in [0.717, 1.165) is 29.6 Å². The standard InChI is InChI=1S/C24H21ClFN5O2/c25-18-2-1-3-19(26)23(18)14-4-5-20-16(10-14)17(11-29-20)21-12-28-13-22(30-21)31(24(32)33)15-6-8-27-9-7-15/h1-5,10-13,15,27,29H,6-9H2,(H,32,33). The van der Waals surface area contributed by atoms with Crippen LogP contribution in [0.15, 0.2) is 55.0 Å². The highest BCUT2D eigenvalue weighted by Gasteiger charge is 2.28. The number of fused-ring (bicyclic) bond motifs is 1. The molecule has 0 bridgehead atoms. The monoisotopic (exact) mass is 465 g/mol. The third kappa shape index (κ3) is 4.03. The highest BCUT2D eigenvalue weighted by atomic mass is 35.5. The van der Waals surface area contributed by atoms with Crippen molar-refractivity contribution in [1.82, 2.24) is 20.3 Å². The lowest BCUT2D eigenvalue weighted by molar-refractivity contribution is 0.196. The average Bonchev–Trinajstić information content (AvgIpc) is 3.23. The molecule has 5 rings (SSSR count). The Labute approximate surface area is 194 Å². The normalized spacial score (nSPS) is 14.5. The third-order valence-corrected chi connectivity index (χ3v) is 6.27. The number of hydrogen-bond donors (Lipinski definition) is 3. The maximum absolute atomic E-state index is 14.5. The zero-order valence-corrected chi connectivity index (χ0v) is 18.3. The average molecular weight is 466 g/mol. The molecule has 0 unspecified atom stereocenters. The van der Waals surface area contributed by atoms with E-state index in [1.165, 1.54) is 17.2 Å². The van der Waals surface area contributed by atoms with E-state index in [-0.39, 0.29) is 11.9 Å². The number of nitrogens with one attached hydrogen (secondary N) is 2. The highest BCUT2D eigenvalue weighted by Crippen LogP contribution is 2.35. The number of carbonyl (C=O) groups is 1. The van der Waals surface area contributed by atoms with Crippen molar-refractivity contribution >= 4 is 34.4 Å². The molecule has 3 heterocycles. The van der Waals surface area contributed by atoms with Crippen molar-refractivity contribution in [2.45, 2.75) is 18.9 Å². The number of aromatic nitrogens is 3. The fourth-order valence-electron chi connectivity index (χ4n) is 4.37. The van der Waals surface area contributed by atoms with Gasteiger partial charge in [-0.1, -0.05) is 23.7 Å². The second-order valence-electron chi connectivity index (χ2n) is 7.96. The Hall–Kier alpha value is -3.49. The summed E-state index contributed by atoms with van der Waals surface area (Å²) in [6, 6.07) is 9.94. The molecule has 4 aromatic rings. The van der Waals surface area contributed by atoms with Gasteiger partial charge in [0.05, 0.1) is 23.1 Å². The van der Waals surface area contributed by atoms with E-state index in [2.05, 4.69) is 20.3 Å². The van der Waals surface area contributed by atoms with Gasteiger partial charge in [-0.25, -0.2) is 14.2 Å². The first-order valence-electron chi connectivity index (χ1n) is 10.6. The van der Waals surface area contributed by atoms with Crippen LogP contribution in [0.4, 0.5) is 15.0 Å². The lowest BCUT2D eigenvalue weighted by atomic mass is 10.0. The van der Waals surface area contributed by atoms with Crippen molar-refractivity contribution in [2.75, 3.05) is 18.0 Å². The number of benzene rings is 2. The molecule has 1 amide bonds. The first-order valence-corrected chi connectivity index (χ1v) is 11.0. The summed E-state index contributed by atoms with van der Waals surface area (Å²) >= 11 is 6.27. The van der Waals surface area contributed by atoms with Crippen LogP contribution in [-0.4, -0.2) is 45.3 Å². The quantitative estimate of drug-likeness (QED) is 0.379. The number of piperidine rings is 1. The molecule has 9 heteroatoms. The minimum Gasteiger partial charge on any atom is -0.465 e. The predicted molar refractivity (Wildman–Crippen MR) is 126 cm³/mol. The molecule has 1 fully saturated rings. The summed E-state index contributed by atoms with van der Waals surface area (Å²) in [6.45, 7) is 1.51. The number of H-pyrrole nitrogens is 1. The van der Waals surface area contributed by atoms with Crippen molar-refractivity contribution in [1.29, 1.82) is 0 Å². The zero-order chi connectivity index (χ0) is 22.9. The molecular weight excluding hydrogens is 445 g/mol. The second-order valence-corrected chi connectivity index (χ2v) is 8.36. The van der Waals surface area contributed by atoms with Gasteiger partial charge in [0, 0.05) is 34.3 Å². The summed E-state index contributed by atoms with van der Waals surface area (Å²) in [6.07, 6.45) is 5.22. The van der Waals surface area contributed by atoms with Crippen molar-refractivity contribution < 1.29 is 14.3 Å². The Kier molecular flexibility index (Phi) is 5.70. The molecule has 2 aromatic heterocycles. The van der Waals surface area contributed by atoms with Gasteiger partial charge in [-0.15, -0.1) is 0 Å². The molecule has 168 valence electrons. The maximum atomic E-state index is 14.5. The van der Waals surface area contributed by atoms with Crippen LogP contribution in [0.5, 0.6) is 0 Å². The summed E-state index contributed by atoms with van der Waals surface area (Å²) < 4.78 is 14.5. The topological polar surface area (TPSA) is 94.1 Å². The van der Waals surface area contributed by atoms with E-state index in [1.54, 1.807) is 30.6 Å². The Morgan fingerprint density at radius 2 is 2.00 bits per heavy atom. The number of anilines is 1. The number of nitrogens with zero attached hydrogens (tertiary/aromatic N) is 3. The smallest absolute Gasteiger partial charge is 0.413 e. The molecule has 1 aliphatic rings. The van der Waals surface area contributed by atoms with Gasteiger partial charge in [-0.05, 0) is 55.8 Å².